The Labute approximate surface area is 113 Å². The van der Waals surface area contributed by atoms with Crippen molar-refractivity contribution in [1.29, 1.82) is 0 Å². The number of nitrogen functional groups attached to an aromatic ring is 1. The molecule has 0 amide bonds. The van der Waals surface area contributed by atoms with Crippen LogP contribution in [0, 0.1) is 5.92 Å². The predicted octanol–water partition coefficient (Wildman–Crippen LogP) is 2.39. The van der Waals surface area contributed by atoms with Crippen molar-refractivity contribution in [2.24, 2.45) is 5.92 Å². The van der Waals surface area contributed by atoms with E-state index in [0.717, 1.165) is 6.42 Å². The van der Waals surface area contributed by atoms with Crippen molar-refractivity contribution in [3.63, 3.8) is 0 Å². The number of nitrogens with two attached hydrogens (primary N) is 1. The molecule has 100 valence electrons. The molecule has 2 rings (SSSR count). The van der Waals surface area contributed by atoms with Crippen LogP contribution in [0.1, 0.15) is 26.2 Å². The fourth-order valence-corrected chi connectivity index (χ4v) is 3.62. The van der Waals surface area contributed by atoms with E-state index in [4.69, 9.17) is 17.3 Å². The zero-order valence-corrected chi connectivity index (χ0v) is 11.8. The summed E-state index contributed by atoms with van der Waals surface area (Å²) < 4.78 is 27.0. The topological polar surface area (TPSA) is 72.2 Å². The molecular weight excluding hydrogens is 272 g/mol. The third-order valence-electron chi connectivity index (χ3n) is 3.01. The highest BCUT2D eigenvalue weighted by molar-refractivity contribution is 7.89. The van der Waals surface area contributed by atoms with E-state index in [1.807, 2.05) is 6.92 Å². The Morgan fingerprint density at radius 2 is 2.17 bits per heavy atom. The zero-order valence-electron chi connectivity index (χ0n) is 10.2. The number of nitrogens with one attached hydrogen (secondary N) is 1. The van der Waals surface area contributed by atoms with E-state index in [1.54, 1.807) is 6.07 Å². The van der Waals surface area contributed by atoms with Crippen molar-refractivity contribution in [2.75, 3.05) is 5.73 Å². The maximum absolute atomic E-state index is 12.2. The van der Waals surface area contributed by atoms with Gasteiger partial charge in [0, 0.05) is 11.1 Å². The number of sulfonamides is 1. The minimum absolute atomic E-state index is 0.0534. The molecule has 0 aromatic heterocycles. The number of benzene rings is 1. The normalized spacial score (nSPS) is 17.7. The Hall–Kier alpha value is -0.780. The summed E-state index contributed by atoms with van der Waals surface area (Å²) in [6, 6.07) is 4.37. The van der Waals surface area contributed by atoms with Gasteiger partial charge in [0.15, 0.2) is 0 Å². The van der Waals surface area contributed by atoms with E-state index in [2.05, 4.69) is 4.72 Å². The van der Waals surface area contributed by atoms with Gasteiger partial charge in [-0.2, -0.15) is 0 Å². The highest BCUT2D eigenvalue weighted by atomic mass is 35.5. The fraction of sp³-hybridized carbons (Fsp3) is 0.500. The highest BCUT2D eigenvalue weighted by Crippen LogP contribution is 2.33. The van der Waals surface area contributed by atoms with Gasteiger partial charge in [0.25, 0.3) is 0 Å². The Morgan fingerprint density at radius 1 is 1.50 bits per heavy atom. The van der Waals surface area contributed by atoms with Crippen molar-refractivity contribution < 1.29 is 8.42 Å². The first-order chi connectivity index (χ1) is 8.38. The summed E-state index contributed by atoms with van der Waals surface area (Å²) in [7, 11) is -3.59. The summed E-state index contributed by atoms with van der Waals surface area (Å²) in [5.41, 5.74) is 5.90. The maximum Gasteiger partial charge on any atom is 0.242 e. The quantitative estimate of drug-likeness (QED) is 0.817. The van der Waals surface area contributed by atoms with E-state index in [1.165, 1.54) is 25.0 Å². The van der Waals surface area contributed by atoms with Crippen molar-refractivity contribution >= 4 is 27.3 Å². The molecule has 0 spiro atoms. The van der Waals surface area contributed by atoms with E-state index in [0.29, 0.717) is 10.9 Å². The third kappa shape index (κ3) is 3.37. The standard InChI is InChI=1S/C12H17ClN2O2S/c1-8(6-9-2-3-9)15-18(16,17)12-7-10(13)4-5-11(12)14/h4-5,7-9,15H,2-3,6,14H2,1H3. The molecule has 0 bridgehead atoms. The summed E-state index contributed by atoms with van der Waals surface area (Å²) in [6.45, 7) is 1.87. The van der Waals surface area contributed by atoms with Crippen LogP contribution in [0.25, 0.3) is 0 Å². The second-order valence-corrected chi connectivity index (χ2v) is 7.00. The number of hydrogen-bond donors (Lipinski definition) is 2. The van der Waals surface area contributed by atoms with E-state index in [-0.39, 0.29) is 16.6 Å². The number of rotatable bonds is 5. The van der Waals surface area contributed by atoms with Gasteiger partial charge in [-0.25, -0.2) is 13.1 Å². The molecule has 1 atom stereocenters. The van der Waals surface area contributed by atoms with Crippen LogP contribution in [-0.2, 0) is 10.0 Å². The highest BCUT2D eigenvalue weighted by Gasteiger charge is 2.27. The largest absolute Gasteiger partial charge is 0.398 e. The first kappa shape index (κ1) is 13.6. The minimum atomic E-state index is -3.59. The van der Waals surface area contributed by atoms with Crippen LogP contribution in [-0.4, -0.2) is 14.5 Å². The van der Waals surface area contributed by atoms with Gasteiger partial charge in [-0.05, 0) is 37.5 Å². The summed E-state index contributed by atoms with van der Waals surface area (Å²) >= 11 is 5.81. The Bertz CT molecular complexity index is 541. The molecule has 0 aliphatic heterocycles. The van der Waals surface area contributed by atoms with E-state index < -0.39 is 10.0 Å². The lowest BCUT2D eigenvalue weighted by molar-refractivity contribution is 0.530. The SMILES string of the molecule is CC(CC1CC1)NS(=O)(=O)c1cc(Cl)ccc1N. The van der Waals surface area contributed by atoms with Gasteiger partial charge in [-0.3, -0.25) is 0 Å². The monoisotopic (exact) mass is 288 g/mol. The average molecular weight is 289 g/mol. The Kier molecular flexibility index (Phi) is 3.84. The fourth-order valence-electron chi connectivity index (χ4n) is 1.97. The van der Waals surface area contributed by atoms with Crippen LogP contribution in [0.2, 0.25) is 5.02 Å². The van der Waals surface area contributed by atoms with Crippen LogP contribution in [0.4, 0.5) is 5.69 Å². The van der Waals surface area contributed by atoms with Gasteiger partial charge in [0.2, 0.25) is 10.0 Å². The van der Waals surface area contributed by atoms with Gasteiger partial charge in [-0.15, -0.1) is 0 Å². The molecule has 0 saturated heterocycles. The second-order valence-electron chi connectivity index (χ2n) is 4.88. The van der Waals surface area contributed by atoms with Crippen LogP contribution in [0.5, 0.6) is 0 Å². The maximum atomic E-state index is 12.2. The summed E-state index contributed by atoms with van der Waals surface area (Å²) in [4.78, 5) is 0.0534. The third-order valence-corrected chi connectivity index (χ3v) is 4.89. The summed E-state index contributed by atoms with van der Waals surface area (Å²) in [6.07, 6.45) is 3.27. The molecular formula is C12H17ClN2O2S. The van der Waals surface area contributed by atoms with Gasteiger partial charge in [0.05, 0.1) is 5.69 Å². The Morgan fingerprint density at radius 3 is 2.78 bits per heavy atom. The first-order valence-corrected chi connectivity index (χ1v) is 7.82. The van der Waals surface area contributed by atoms with Crippen molar-refractivity contribution in [3.05, 3.63) is 23.2 Å². The van der Waals surface area contributed by atoms with Gasteiger partial charge in [0.1, 0.15) is 4.90 Å². The molecule has 1 aliphatic carbocycles. The predicted molar refractivity (Wildman–Crippen MR) is 73.0 cm³/mol. The number of anilines is 1. The molecule has 6 heteroatoms. The molecule has 1 aliphatic rings. The second kappa shape index (κ2) is 5.07. The minimum Gasteiger partial charge on any atom is -0.398 e. The molecule has 1 aromatic carbocycles. The summed E-state index contributed by atoms with van der Waals surface area (Å²) in [5, 5.41) is 0.361. The summed E-state index contributed by atoms with van der Waals surface area (Å²) in [5.74, 6) is 0.666. The lowest BCUT2D eigenvalue weighted by Crippen LogP contribution is -2.33. The number of halogens is 1. The molecule has 0 radical (unpaired) electrons. The van der Waals surface area contributed by atoms with Crippen LogP contribution >= 0.6 is 11.6 Å². The van der Waals surface area contributed by atoms with Crippen LogP contribution in [0.3, 0.4) is 0 Å². The van der Waals surface area contributed by atoms with E-state index in [9.17, 15) is 8.42 Å². The molecule has 1 unspecified atom stereocenters. The van der Waals surface area contributed by atoms with Crippen molar-refractivity contribution in [1.82, 2.24) is 4.72 Å². The van der Waals surface area contributed by atoms with E-state index >= 15 is 0 Å². The van der Waals surface area contributed by atoms with Gasteiger partial charge >= 0.3 is 0 Å². The average Bonchev–Trinajstić information content (AvgIpc) is 3.04. The van der Waals surface area contributed by atoms with Gasteiger partial charge < -0.3 is 5.73 Å². The first-order valence-electron chi connectivity index (χ1n) is 5.96. The lowest BCUT2D eigenvalue weighted by Gasteiger charge is -2.15. The molecule has 1 saturated carbocycles. The molecule has 18 heavy (non-hydrogen) atoms. The Balaban J connectivity index is 2.16. The molecule has 0 heterocycles. The molecule has 4 nitrogen and oxygen atoms in total. The van der Waals surface area contributed by atoms with Gasteiger partial charge in [-0.1, -0.05) is 24.4 Å². The number of hydrogen-bond acceptors (Lipinski definition) is 3. The van der Waals surface area contributed by atoms with Crippen molar-refractivity contribution in [3.8, 4) is 0 Å². The zero-order chi connectivity index (χ0) is 13.3. The lowest BCUT2D eigenvalue weighted by atomic mass is 10.2. The van der Waals surface area contributed by atoms with Crippen molar-refractivity contribution in [2.45, 2.75) is 37.1 Å². The van der Waals surface area contributed by atoms with Crippen LogP contribution in [0.15, 0.2) is 23.1 Å². The molecule has 3 N–H and O–H groups in total. The smallest absolute Gasteiger partial charge is 0.242 e. The van der Waals surface area contributed by atoms with Crippen LogP contribution < -0.4 is 10.5 Å². The molecule has 1 aromatic rings. The molecule has 1 fully saturated rings.